The van der Waals surface area contributed by atoms with Gasteiger partial charge in [-0.2, -0.15) is 0 Å². The fraction of sp³-hybridized carbons (Fsp3) is 0.440. The van der Waals surface area contributed by atoms with Crippen LogP contribution in [-0.4, -0.2) is 29.8 Å². The third-order valence-corrected chi connectivity index (χ3v) is 6.20. The summed E-state index contributed by atoms with van der Waals surface area (Å²) in [6.07, 6.45) is 6.55. The molecule has 1 atom stereocenters. The molecule has 0 heterocycles. The summed E-state index contributed by atoms with van der Waals surface area (Å²) in [4.78, 5) is 27.0. The Morgan fingerprint density at radius 3 is 2.42 bits per heavy atom. The number of carbonyl (C=O) groups excluding carboxylic acids is 2. The number of hydrogen-bond acceptors (Lipinski definition) is 3. The van der Waals surface area contributed by atoms with E-state index in [9.17, 15) is 9.59 Å². The fourth-order valence-corrected chi connectivity index (χ4v) is 4.41. The van der Waals surface area contributed by atoms with Gasteiger partial charge in [0, 0.05) is 30.2 Å². The lowest BCUT2D eigenvalue weighted by molar-refractivity contribution is -0.120. The summed E-state index contributed by atoms with van der Waals surface area (Å²) < 4.78 is 0. The third kappa shape index (κ3) is 7.08. The van der Waals surface area contributed by atoms with Crippen LogP contribution in [0.1, 0.15) is 62.6 Å². The standard InChI is InChI=1S/C25H32ClN3O2/c1-18(30)27-24(19-12-14-21(26)15-13-19)16-25(31)28-23-11-7-6-8-20(23)17-29(2)22-9-4-3-5-10-22/h6-8,11-15,22,24H,3-5,9-10,16-17H2,1-2H3,(H,27,30)(H,28,31)/t24-/m0/s1. The normalized spacial score (nSPS) is 15.5. The Morgan fingerprint density at radius 1 is 1.06 bits per heavy atom. The van der Waals surface area contributed by atoms with Gasteiger partial charge in [0.15, 0.2) is 0 Å². The Kier molecular flexibility index (Phi) is 8.50. The highest BCUT2D eigenvalue weighted by Crippen LogP contribution is 2.26. The van der Waals surface area contributed by atoms with Gasteiger partial charge in [0.25, 0.3) is 0 Å². The topological polar surface area (TPSA) is 61.4 Å². The molecule has 1 aliphatic carbocycles. The monoisotopic (exact) mass is 441 g/mol. The maximum atomic E-state index is 12.9. The zero-order valence-electron chi connectivity index (χ0n) is 18.4. The highest BCUT2D eigenvalue weighted by atomic mass is 35.5. The van der Waals surface area contributed by atoms with Gasteiger partial charge in [-0.1, -0.05) is 61.2 Å². The van der Waals surface area contributed by atoms with Gasteiger partial charge in [0.2, 0.25) is 11.8 Å². The first-order chi connectivity index (χ1) is 14.9. The summed E-state index contributed by atoms with van der Waals surface area (Å²) >= 11 is 5.98. The minimum atomic E-state index is -0.410. The molecule has 0 aromatic heterocycles. The lowest BCUT2D eigenvalue weighted by atomic mass is 9.94. The predicted molar refractivity (Wildman–Crippen MR) is 126 cm³/mol. The van der Waals surface area contributed by atoms with Crippen molar-refractivity contribution in [1.29, 1.82) is 0 Å². The van der Waals surface area contributed by atoms with E-state index in [2.05, 4.69) is 28.6 Å². The van der Waals surface area contributed by atoms with Crippen molar-refractivity contribution in [2.75, 3.05) is 12.4 Å². The van der Waals surface area contributed by atoms with Gasteiger partial charge in [0.1, 0.15) is 0 Å². The fourth-order valence-electron chi connectivity index (χ4n) is 4.28. The molecule has 2 N–H and O–H groups in total. The zero-order chi connectivity index (χ0) is 22.2. The van der Waals surface area contributed by atoms with E-state index in [1.807, 2.05) is 30.3 Å². The van der Waals surface area contributed by atoms with Crippen LogP contribution in [0.3, 0.4) is 0 Å². The summed E-state index contributed by atoms with van der Waals surface area (Å²) in [6.45, 7) is 2.25. The smallest absolute Gasteiger partial charge is 0.226 e. The van der Waals surface area contributed by atoms with Crippen molar-refractivity contribution in [1.82, 2.24) is 10.2 Å². The molecule has 2 aromatic rings. The number of nitrogens with zero attached hydrogens (tertiary/aromatic N) is 1. The van der Waals surface area contributed by atoms with Crippen LogP contribution in [0.25, 0.3) is 0 Å². The lowest BCUT2D eigenvalue weighted by Crippen LogP contribution is -2.33. The van der Waals surface area contributed by atoms with Crippen LogP contribution in [0, 0.1) is 0 Å². The van der Waals surface area contributed by atoms with Crippen LogP contribution < -0.4 is 10.6 Å². The van der Waals surface area contributed by atoms with E-state index in [0.717, 1.165) is 23.4 Å². The second-order valence-electron chi connectivity index (χ2n) is 8.42. The Hall–Kier alpha value is -2.37. The van der Waals surface area contributed by atoms with E-state index in [1.165, 1.54) is 39.0 Å². The number of carbonyl (C=O) groups is 2. The average molecular weight is 442 g/mol. The second-order valence-corrected chi connectivity index (χ2v) is 8.86. The molecule has 2 aromatic carbocycles. The zero-order valence-corrected chi connectivity index (χ0v) is 19.1. The van der Waals surface area contributed by atoms with E-state index < -0.39 is 6.04 Å². The highest BCUT2D eigenvalue weighted by Gasteiger charge is 2.21. The van der Waals surface area contributed by atoms with E-state index in [4.69, 9.17) is 11.6 Å². The molecule has 1 saturated carbocycles. The largest absolute Gasteiger partial charge is 0.349 e. The van der Waals surface area contributed by atoms with Gasteiger partial charge < -0.3 is 10.6 Å². The number of halogens is 1. The molecule has 1 fully saturated rings. The molecule has 1 aliphatic rings. The highest BCUT2D eigenvalue weighted by molar-refractivity contribution is 6.30. The van der Waals surface area contributed by atoms with Crippen LogP contribution in [0.5, 0.6) is 0 Å². The minimum Gasteiger partial charge on any atom is -0.349 e. The molecule has 0 saturated heterocycles. The molecule has 6 heteroatoms. The van der Waals surface area contributed by atoms with Crippen LogP contribution >= 0.6 is 11.6 Å². The molecule has 166 valence electrons. The van der Waals surface area contributed by atoms with Crippen molar-refractivity contribution in [2.45, 2.75) is 64.1 Å². The minimum absolute atomic E-state index is 0.138. The number of para-hydroxylation sites is 1. The summed E-state index contributed by atoms with van der Waals surface area (Å²) in [5, 5.41) is 6.55. The van der Waals surface area contributed by atoms with E-state index >= 15 is 0 Å². The molecule has 0 spiro atoms. The van der Waals surface area contributed by atoms with Crippen molar-refractivity contribution in [2.24, 2.45) is 0 Å². The predicted octanol–water partition coefficient (Wildman–Crippen LogP) is 5.31. The summed E-state index contributed by atoms with van der Waals surface area (Å²) in [5.41, 5.74) is 2.78. The van der Waals surface area contributed by atoms with Crippen LogP contribution in [0.4, 0.5) is 5.69 Å². The van der Waals surface area contributed by atoms with E-state index in [0.29, 0.717) is 11.1 Å². The first-order valence-corrected chi connectivity index (χ1v) is 11.4. The van der Waals surface area contributed by atoms with Crippen LogP contribution in [0.2, 0.25) is 5.02 Å². The van der Waals surface area contributed by atoms with Gasteiger partial charge in [0.05, 0.1) is 12.5 Å². The second kappa shape index (κ2) is 11.3. The SMILES string of the molecule is CC(=O)N[C@@H](CC(=O)Nc1ccccc1CN(C)C1CCCCC1)c1ccc(Cl)cc1. The molecule has 31 heavy (non-hydrogen) atoms. The summed E-state index contributed by atoms with van der Waals surface area (Å²) in [7, 11) is 2.17. The molecular weight excluding hydrogens is 410 g/mol. The number of rotatable bonds is 8. The molecule has 0 radical (unpaired) electrons. The van der Waals surface area contributed by atoms with Crippen LogP contribution in [-0.2, 0) is 16.1 Å². The molecule has 0 unspecified atom stereocenters. The molecular formula is C25H32ClN3O2. The molecule has 5 nitrogen and oxygen atoms in total. The number of nitrogens with one attached hydrogen (secondary N) is 2. The van der Waals surface area contributed by atoms with E-state index in [-0.39, 0.29) is 18.2 Å². The lowest BCUT2D eigenvalue weighted by Gasteiger charge is -2.31. The number of benzene rings is 2. The summed E-state index contributed by atoms with van der Waals surface area (Å²) in [6, 6.07) is 15.3. The summed E-state index contributed by atoms with van der Waals surface area (Å²) in [5.74, 6) is -0.316. The van der Waals surface area contributed by atoms with Crippen molar-refractivity contribution in [3.05, 3.63) is 64.7 Å². The quantitative estimate of drug-likeness (QED) is 0.583. The van der Waals surface area contributed by atoms with Gasteiger partial charge >= 0.3 is 0 Å². The maximum absolute atomic E-state index is 12.9. The van der Waals surface area contributed by atoms with E-state index in [1.54, 1.807) is 12.1 Å². The van der Waals surface area contributed by atoms with Gasteiger partial charge in [-0.15, -0.1) is 0 Å². The van der Waals surface area contributed by atoms with Crippen molar-refractivity contribution >= 4 is 29.1 Å². The Labute approximate surface area is 190 Å². The molecule has 0 aliphatic heterocycles. The first kappa shape index (κ1) is 23.3. The van der Waals surface area contributed by atoms with Gasteiger partial charge in [-0.25, -0.2) is 0 Å². The number of anilines is 1. The number of amides is 2. The van der Waals surface area contributed by atoms with Crippen LogP contribution in [0.15, 0.2) is 48.5 Å². The van der Waals surface area contributed by atoms with Gasteiger partial charge in [-0.3, -0.25) is 14.5 Å². The first-order valence-electron chi connectivity index (χ1n) is 11.0. The van der Waals surface area contributed by atoms with Gasteiger partial charge in [-0.05, 0) is 49.2 Å². The molecule has 0 bridgehead atoms. The third-order valence-electron chi connectivity index (χ3n) is 5.95. The Morgan fingerprint density at radius 2 is 1.74 bits per heavy atom. The Balaban J connectivity index is 1.67. The maximum Gasteiger partial charge on any atom is 0.226 e. The average Bonchev–Trinajstić information content (AvgIpc) is 2.75. The molecule has 3 rings (SSSR count). The molecule has 2 amide bonds. The Bertz CT molecular complexity index is 879. The number of hydrogen-bond donors (Lipinski definition) is 2. The van der Waals surface area contributed by atoms with Crippen molar-refractivity contribution in [3.8, 4) is 0 Å². The van der Waals surface area contributed by atoms with Crippen molar-refractivity contribution < 1.29 is 9.59 Å². The van der Waals surface area contributed by atoms with Crippen molar-refractivity contribution in [3.63, 3.8) is 0 Å².